The van der Waals surface area contributed by atoms with Gasteiger partial charge in [0.15, 0.2) is 0 Å². The van der Waals surface area contributed by atoms with Crippen LogP contribution in [0.2, 0.25) is 0 Å². The molecule has 0 spiro atoms. The molecule has 0 bridgehead atoms. The van der Waals surface area contributed by atoms with E-state index in [-0.39, 0.29) is 0 Å². The van der Waals surface area contributed by atoms with Crippen LogP contribution in [0.1, 0.15) is 106 Å². The summed E-state index contributed by atoms with van der Waals surface area (Å²) < 4.78 is 5.72. The van der Waals surface area contributed by atoms with Crippen LogP contribution in [-0.2, 0) is 4.74 Å². The minimum absolute atomic E-state index is 0.380. The summed E-state index contributed by atoms with van der Waals surface area (Å²) >= 11 is 0. The van der Waals surface area contributed by atoms with E-state index in [1.807, 2.05) is 7.11 Å². The van der Waals surface area contributed by atoms with E-state index in [9.17, 15) is 0 Å². The molecule has 3 aliphatic carbocycles. The van der Waals surface area contributed by atoms with Crippen molar-refractivity contribution in [2.75, 3.05) is 7.11 Å². The van der Waals surface area contributed by atoms with E-state index in [0.29, 0.717) is 16.9 Å². The Balaban J connectivity index is 1.74. The Hall–Kier alpha value is -0.560. The molecule has 0 aliphatic heterocycles. The Morgan fingerprint density at radius 2 is 1.76 bits per heavy atom. The Labute approximate surface area is 181 Å². The largest absolute Gasteiger partial charge is 0.381 e. The van der Waals surface area contributed by atoms with Crippen LogP contribution >= 0.6 is 0 Å². The average Bonchev–Trinajstić information content (AvgIpc) is 2.64. The van der Waals surface area contributed by atoms with Gasteiger partial charge in [-0.1, -0.05) is 84.1 Å². The lowest BCUT2D eigenvalue weighted by atomic mass is 9.54. The molecule has 3 aliphatic rings. The van der Waals surface area contributed by atoms with Gasteiger partial charge >= 0.3 is 0 Å². The van der Waals surface area contributed by atoms with Gasteiger partial charge in [-0.2, -0.15) is 0 Å². The third-order valence-corrected chi connectivity index (χ3v) is 9.17. The lowest BCUT2D eigenvalue weighted by Crippen LogP contribution is -2.41. The average molecular weight is 401 g/mol. The Morgan fingerprint density at radius 3 is 2.45 bits per heavy atom. The third kappa shape index (κ3) is 5.03. The van der Waals surface area contributed by atoms with Gasteiger partial charge in [0.25, 0.3) is 0 Å². The monoisotopic (exact) mass is 400 g/mol. The highest BCUT2D eigenvalue weighted by Crippen LogP contribution is 2.56. The zero-order chi connectivity index (χ0) is 21.2. The highest BCUT2D eigenvalue weighted by atomic mass is 16.5. The predicted octanol–water partition coefficient (Wildman–Crippen LogP) is 8.35. The van der Waals surface area contributed by atoms with Gasteiger partial charge in [0.05, 0.1) is 6.10 Å². The molecule has 1 nitrogen and oxygen atoms in total. The molecule has 3 rings (SSSR count). The van der Waals surface area contributed by atoms with Crippen molar-refractivity contribution in [2.24, 2.45) is 34.5 Å². The Kier molecular flexibility index (Phi) is 7.40. The van der Waals surface area contributed by atoms with Crippen molar-refractivity contribution in [1.82, 2.24) is 0 Å². The van der Waals surface area contributed by atoms with Crippen molar-refractivity contribution in [3.8, 4) is 0 Å². The van der Waals surface area contributed by atoms with E-state index < -0.39 is 0 Å². The fourth-order valence-corrected chi connectivity index (χ4v) is 7.07. The molecule has 166 valence electrons. The molecule has 1 heteroatoms. The first-order valence-electron chi connectivity index (χ1n) is 12.6. The van der Waals surface area contributed by atoms with Crippen molar-refractivity contribution in [2.45, 2.75) is 112 Å². The number of hydrogen-bond acceptors (Lipinski definition) is 1. The van der Waals surface area contributed by atoms with E-state index in [1.165, 1.54) is 57.8 Å². The molecule has 2 fully saturated rings. The first kappa shape index (κ1) is 23.1. The Bertz CT molecular complexity index is 610. The summed E-state index contributed by atoms with van der Waals surface area (Å²) in [5.74, 6) is 3.31. The second-order valence-corrected chi connectivity index (χ2v) is 12.0. The normalized spacial score (nSPS) is 35.7. The molecule has 29 heavy (non-hydrogen) atoms. The summed E-state index contributed by atoms with van der Waals surface area (Å²) in [5, 5.41) is 0. The van der Waals surface area contributed by atoms with Crippen molar-refractivity contribution in [3.05, 3.63) is 23.3 Å². The molecular formula is C28H48O. The zero-order valence-electron chi connectivity index (χ0n) is 20.5. The highest BCUT2D eigenvalue weighted by Gasteiger charge is 2.46. The van der Waals surface area contributed by atoms with Crippen LogP contribution in [0.15, 0.2) is 23.3 Å². The minimum Gasteiger partial charge on any atom is -0.381 e. The summed E-state index contributed by atoms with van der Waals surface area (Å²) in [6.45, 7) is 15.0. The highest BCUT2D eigenvalue weighted by molar-refractivity contribution is 5.35. The molecule has 0 N–H and O–H groups in total. The number of methoxy groups -OCH3 is 1. The first-order chi connectivity index (χ1) is 13.7. The van der Waals surface area contributed by atoms with E-state index >= 15 is 0 Å². The molecule has 0 amide bonds. The van der Waals surface area contributed by atoms with Crippen LogP contribution in [0.4, 0.5) is 0 Å². The molecule has 0 aromatic carbocycles. The van der Waals surface area contributed by atoms with Gasteiger partial charge in [-0.15, -0.1) is 0 Å². The van der Waals surface area contributed by atoms with Gasteiger partial charge in [-0.3, -0.25) is 0 Å². The number of ether oxygens (including phenoxy) is 1. The van der Waals surface area contributed by atoms with Gasteiger partial charge in [-0.05, 0) is 79.4 Å². The second-order valence-electron chi connectivity index (χ2n) is 12.0. The second kappa shape index (κ2) is 9.29. The molecule has 0 heterocycles. The van der Waals surface area contributed by atoms with Crippen molar-refractivity contribution in [1.29, 1.82) is 0 Å². The number of fused-ring (bicyclic) bond motifs is 3. The predicted molar refractivity (Wildman–Crippen MR) is 126 cm³/mol. The summed E-state index contributed by atoms with van der Waals surface area (Å²) in [4.78, 5) is 0. The van der Waals surface area contributed by atoms with Crippen LogP contribution in [0.25, 0.3) is 0 Å². The van der Waals surface area contributed by atoms with E-state index in [4.69, 9.17) is 4.74 Å². The summed E-state index contributed by atoms with van der Waals surface area (Å²) in [6.07, 6.45) is 18.8. The fraction of sp³-hybridized carbons (Fsp3) is 0.857. The molecule has 0 aromatic rings. The van der Waals surface area contributed by atoms with E-state index in [0.717, 1.165) is 30.1 Å². The smallest absolute Gasteiger partial charge is 0.0609 e. The summed E-state index contributed by atoms with van der Waals surface area (Å²) in [6, 6.07) is 0. The van der Waals surface area contributed by atoms with Crippen LogP contribution in [0.5, 0.6) is 0 Å². The molecule has 2 saturated carbocycles. The van der Waals surface area contributed by atoms with Crippen LogP contribution in [0.3, 0.4) is 0 Å². The molecule has 5 unspecified atom stereocenters. The summed E-state index contributed by atoms with van der Waals surface area (Å²) in [7, 11) is 1.89. The van der Waals surface area contributed by atoms with E-state index in [1.54, 1.807) is 11.1 Å². The van der Waals surface area contributed by atoms with Gasteiger partial charge < -0.3 is 4.74 Å². The molecule has 0 radical (unpaired) electrons. The van der Waals surface area contributed by atoms with Crippen LogP contribution in [0, 0.1) is 34.5 Å². The number of rotatable bonds is 6. The lowest BCUT2D eigenvalue weighted by Gasteiger charge is -2.51. The standard InChI is InChI=1S/C28H48O/c1-20(2)9-8-10-21(3)25-14-12-22-11-13-23-19-24(29-7)15-18-28(23,6)26(22)16-17-27(25,4)5/h11,13,20-21,24-26H,8-10,12,14-19H2,1-7H3. The van der Waals surface area contributed by atoms with Gasteiger partial charge in [0.2, 0.25) is 0 Å². The molecule has 0 saturated heterocycles. The van der Waals surface area contributed by atoms with Gasteiger partial charge in [-0.25, -0.2) is 0 Å². The Morgan fingerprint density at radius 1 is 1.00 bits per heavy atom. The van der Waals surface area contributed by atoms with Gasteiger partial charge in [0, 0.05) is 7.11 Å². The van der Waals surface area contributed by atoms with Crippen molar-refractivity contribution in [3.63, 3.8) is 0 Å². The van der Waals surface area contributed by atoms with Crippen molar-refractivity contribution < 1.29 is 4.74 Å². The topological polar surface area (TPSA) is 9.23 Å². The van der Waals surface area contributed by atoms with Gasteiger partial charge in [0.1, 0.15) is 0 Å². The van der Waals surface area contributed by atoms with Crippen LogP contribution < -0.4 is 0 Å². The lowest BCUT2D eigenvalue weighted by molar-refractivity contribution is 0.0365. The number of hydrogen-bond donors (Lipinski definition) is 0. The maximum Gasteiger partial charge on any atom is 0.0609 e. The molecule has 0 aromatic heterocycles. The minimum atomic E-state index is 0.380. The first-order valence-corrected chi connectivity index (χ1v) is 12.6. The molecule has 5 atom stereocenters. The third-order valence-electron chi connectivity index (χ3n) is 9.17. The van der Waals surface area contributed by atoms with Crippen molar-refractivity contribution >= 4 is 0 Å². The number of allylic oxidation sites excluding steroid dienone is 3. The quantitative estimate of drug-likeness (QED) is 0.435. The fourth-order valence-electron chi connectivity index (χ4n) is 7.07. The maximum atomic E-state index is 5.72. The maximum absolute atomic E-state index is 5.72. The van der Waals surface area contributed by atoms with Crippen LogP contribution in [-0.4, -0.2) is 13.2 Å². The molecular weight excluding hydrogens is 352 g/mol. The van der Waals surface area contributed by atoms with E-state index in [2.05, 4.69) is 53.7 Å². The SMILES string of the molecule is COC1CCC2(C)C(=CC=C3CCC(C(C)CCCC(C)C)C(C)(C)CCC32)C1. The zero-order valence-corrected chi connectivity index (χ0v) is 20.5. The summed E-state index contributed by atoms with van der Waals surface area (Å²) in [5.41, 5.74) is 4.28.